The van der Waals surface area contributed by atoms with Gasteiger partial charge in [0, 0.05) is 116 Å². The van der Waals surface area contributed by atoms with E-state index >= 15 is 0 Å². The molecule has 0 amide bonds. The summed E-state index contributed by atoms with van der Waals surface area (Å²) < 4.78 is 15.5. The molecule has 14 aromatic rings. The second-order valence-electron chi connectivity index (χ2n) is 35.7. The average Bonchev–Trinajstić information content (AvgIpc) is 0.671. The van der Waals surface area contributed by atoms with Crippen LogP contribution >= 0.6 is 0 Å². The Morgan fingerprint density at radius 1 is 0.186 bits per heavy atom. The fourth-order valence-electron chi connectivity index (χ4n) is 25.9. The molecule has 0 heterocycles. The highest BCUT2D eigenvalue weighted by Crippen LogP contribution is 2.71. The van der Waals surface area contributed by atoms with Crippen molar-refractivity contribution in [1.29, 1.82) is 0 Å². The number of hydrogen-bond acceptors (Lipinski definition) is 2. The molecule has 568 valence electrons. The molecule has 2 nitrogen and oxygen atoms in total. The molecule has 0 saturated carbocycles. The predicted molar refractivity (Wildman–Crippen MR) is 475 cm³/mol. The molecule has 0 unspecified atom stereocenters. The van der Waals surface area contributed by atoms with Crippen LogP contribution in [0.1, 0.15) is 362 Å². The van der Waals surface area contributed by atoms with Gasteiger partial charge in [-0.1, -0.05) is 369 Å². The van der Waals surface area contributed by atoms with Crippen molar-refractivity contribution < 1.29 is 9.47 Å². The molecule has 0 fully saturated rings. The molecule has 18 aliphatic rings. The zero-order valence-electron chi connectivity index (χ0n) is 67.2. The van der Waals surface area contributed by atoms with Crippen LogP contribution in [0.5, 0.6) is 11.5 Å². The molecule has 0 saturated heterocycles. The molecular weight excluding hydrogens is 1430 g/mol. The standard InChI is InChI=1S/C116H92O2/c1-3-5-7-9-11-33-65-117-115-111-99-77-47-21-13-39-69(77)95(70-40-14-22-48-78(70)99)107(111)91(108-96-71-41-15-23-49-79(71)100(112(108)115)80-50-24-16-42-72(80)96)63-61-67-37-35-59-89-93(67)105-87-57-31-29-55-85(87)103(89)106-88-58-32-30-56-86(88)104(105)90-60-36-38-68(94(90)106)62-64-92-109-97-73-43-17-25-51-81(73)101(82-52-26-18-44-74(82)97)113(109)116(118-66-34-12-10-8-6-4-2)114-102-83-53-27-19-45-75(83)98(110(92)114)76-46-20-28-54-84(76)102/h13-32,35-60,95-106H,3-12,33-34,65-66H2,1-2H3/t95?,96?,97?,98?,99?,100?,101?,102?,103-,104+,105+,106-. The van der Waals surface area contributed by atoms with Crippen molar-refractivity contribution in [1.82, 2.24) is 0 Å². The fraction of sp³-hybridized carbons (Fsp3) is 0.241. The highest BCUT2D eigenvalue weighted by molar-refractivity contribution is 5.86. The van der Waals surface area contributed by atoms with Gasteiger partial charge >= 0.3 is 0 Å². The molecule has 14 aromatic carbocycles. The van der Waals surface area contributed by atoms with E-state index in [9.17, 15) is 0 Å². The lowest BCUT2D eigenvalue weighted by Crippen LogP contribution is -2.36. The van der Waals surface area contributed by atoms with Gasteiger partial charge in [-0.05, 0) is 181 Å². The lowest BCUT2D eigenvalue weighted by molar-refractivity contribution is 0.295. The molecule has 2 heteroatoms. The zero-order valence-corrected chi connectivity index (χ0v) is 67.2. The summed E-state index contributed by atoms with van der Waals surface area (Å²) in [7, 11) is 0. The molecule has 0 aliphatic heterocycles. The van der Waals surface area contributed by atoms with Crippen molar-refractivity contribution in [2.75, 3.05) is 13.2 Å². The maximum absolute atomic E-state index is 7.77. The molecule has 0 spiro atoms. The Labute approximate surface area is 694 Å². The molecule has 4 atom stereocenters. The summed E-state index contributed by atoms with van der Waals surface area (Å²) in [5, 5.41) is 0. The molecule has 18 aliphatic carbocycles. The summed E-state index contributed by atoms with van der Waals surface area (Å²) in [6.45, 7) is 6.00. The lowest BCUT2D eigenvalue weighted by atomic mass is 9.52. The average molecular weight is 1520 g/mol. The van der Waals surface area contributed by atoms with Crippen LogP contribution in [-0.2, 0) is 0 Å². The van der Waals surface area contributed by atoms with Crippen LogP contribution < -0.4 is 9.47 Å². The van der Waals surface area contributed by atoms with Crippen molar-refractivity contribution in [3.8, 4) is 35.2 Å². The first-order valence-corrected chi connectivity index (χ1v) is 44.6. The van der Waals surface area contributed by atoms with Crippen LogP contribution in [0.4, 0.5) is 0 Å². The van der Waals surface area contributed by atoms with E-state index in [4.69, 9.17) is 9.47 Å². The number of benzene rings is 14. The van der Waals surface area contributed by atoms with E-state index in [1.165, 1.54) is 253 Å². The number of unbranched alkanes of at least 4 members (excludes halogenated alkanes) is 10. The highest BCUT2D eigenvalue weighted by atomic mass is 16.5. The van der Waals surface area contributed by atoms with Gasteiger partial charge in [0.05, 0.1) is 13.2 Å². The van der Waals surface area contributed by atoms with Gasteiger partial charge in [0.15, 0.2) is 0 Å². The Bertz CT molecular complexity index is 5900. The topological polar surface area (TPSA) is 18.5 Å². The molecule has 0 N–H and O–H groups in total. The van der Waals surface area contributed by atoms with Crippen LogP contribution in [0, 0.1) is 23.7 Å². The largest absolute Gasteiger partial charge is 0.493 e. The third-order valence-electron chi connectivity index (χ3n) is 30.2. The first-order chi connectivity index (χ1) is 58.7. The second kappa shape index (κ2) is 27.2. The van der Waals surface area contributed by atoms with E-state index in [-0.39, 0.29) is 71.0 Å². The predicted octanol–water partition coefficient (Wildman–Crippen LogP) is 26.8. The Balaban J connectivity index is 0.702. The highest BCUT2D eigenvalue weighted by Gasteiger charge is 2.56. The van der Waals surface area contributed by atoms with Crippen molar-refractivity contribution in [2.45, 2.75) is 162 Å². The van der Waals surface area contributed by atoms with Crippen LogP contribution in [-0.4, -0.2) is 13.2 Å². The molecule has 0 aromatic heterocycles. The smallest absolute Gasteiger partial charge is 0.128 e. The van der Waals surface area contributed by atoms with E-state index < -0.39 is 0 Å². The van der Waals surface area contributed by atoms with Gasteiger partial charge in [0.2, 0.25) is 0 Å². The molecule has 12 bridgehead atoms. The minimum atomic E-state index is -0.0586. The van der Waals surface area contributed by atoms with Gasteiger partial charge in [0.25, 0.3) is 0 Å². The normalized spacial score (nSPS) is 21.6. The van der Waals surface area contributed by atoms with Gasteiger partial charge in [-0.2, -0.15) is 0 Å². The third kappa shape index (κ3) is 9.61. The number of ether oxygens (including phenoxy) is 2. The van der Waals surface area contributed by atoms with Gasteiger partial charge < -0.3 is 9.47 Å². The van der Waals surface area contributed by atoms with Gasteiger partial charge in [-0.3, -0.25) is 0 Å². The molecule has 32 rings (SSSR count). The Kier molecular flexibility index (Phi) is 15.9. The summed E-state index contributed by atoms with van der Waals surface area (Å²) in [5.74, 6) is 19.3. The molecule has 0 radical (unpaired) electrons. The summed E-state index contributed by atoms with van der Waals surface area (Å²) in [6, 6.07) is 109. The first kappa shape index (κ1) is 69.0. The summed E-state index contributed by atoms with van der Waals surface area (Å²) in [4.78, 5) is 0. The summed E-state index contributed by atoms with van der Waals surface area (Å²) in [5.41, 5.74) is 49.0. The van der Waals surface area contributed by atoms with Crippen LogP contribution in [0.3, 0.4) is 0 Å². The Morgan fingerprint density at radius 3 is 0.636 bits per heavy atom. The van der Waals surface area contributed by atoms with Crippen LogP contribution in [0.2, 0.25) is 0 Å². The quantitative estimate of drug-likeness (QED) is 0.0709. The lowest BCUT2D eigenvalue weighted by Gasteiger charge is -2.50. The maximum Gasteiger partial charge on any atom is 0.128 e. The van der Waals surface area contributed by atoms with E-state index in [0.29, 0.717) is 13.2 Å². The summed E-state index contributed by atoms with van der Waals surface area (Å²) in [6.07, 6.45) is 14.5. The second-order valence-corrected chi connectivity index (χ2v) is 35.7. The van der Waals surface area contributed by atoms with Crippen molar-refractivity contribution in [3.63, 3.8) is 0 Å². The van der Waals surface area contributed by atoms with Gasteiger partial charge in [0.1, 0.15) is 11.5 Å². The van der Waals surface area contributed by atoms with Crippen LogP contribution in [0.15, 0.2) is 279 Å². The van der Waals surface area contributed by atoms with E-state index in [2.05, 4.69) is 317 Å². The van der Waals surface area contributed by atoms with Crippen LogP contribution in [0.25, 0.3) is 0 Å². The Morgan fingerprint density at radius 2 is 0.390 bits per heavy atom. The Hall–Kier alpha value is -12.2. The SMILES string of the molecule is CCCCCCCCOc1c2c(c(C#Cc3cccc4c3[C@H]3c5ccccc5[C@@H]4[C@H]4c5ccccc5[C@@H]3c3cccc(C#Cc5c6c(c(OCCCCCCCC)c7c5C5c8ccccc8C7c7ccccc75)C5c7ccccc7C6c6ccccc65)c34)c3c1C1c4ccccc4C3c3ccccc31)C1c3ccccc3C2c2ccccc21. The van der Waals surface area contributed by atoms with Crippen molar-refractivity contribution in [2.24, 2.45) is 0 Å². The van der Waals surface area contributed by atoms with Gasteiger partial charge in [-0.15, -0.1) is 0 Å². The zero-order chi connectivity index (χ0) is 77.5. The maximum atomic E-state index is 7.77. The van der Waals surface area contributed by atoms with Crippen molar-refractivity contribution >= 4 is 0 Å². The van der Waals surface area contributed by atoms with Gasteiger partial charge in [-0.25, -0.2) is 0 Å². The van der Waals surface area contributed by atoms with E-state index in [1.807, 2.05) is 0 Å². The minimum absolute atomic E-state index is 0.0106. The first-order valence-electron chi connectivity index (χ1n) is 44.6. The van der Waals surface area contributed by atoms with E-state index in [1.54, 1.807) is 0 Å². The number of hydrogen-bond donors (Lipinski definition) is 0. The van der Waals surface area contributed by atoms with Crippen molar-refractivity contribution in [3.05, 3.63) is 479 Å². The summed E-state index contributed by atoms with van der Waals surface area (Å²) >= 11 is 0. The molecule has 118 heavy (non-hydrogen) atoms. The monoisotopic (exact) mass is 1520 g/mol. The number of rotatable bonds is 16. The minimum Gasteiger partial charge on any atom is -0.493 e. The molecular formula is C116H92O2. The fourth-order valence-corrected chi connectivity index (χ4v) is 25.9. The van der Waals surface area contributed by atoms with E-state index in [0.717, 1.165) is 35.5 Å². The third-order valence-corrected chi connectivity index (χ3v) is 30.2.